The van der Waals surface area contributed by atoms with Crippen molar-refractivity contribution in [2.75, 3.05) is 13.1 Å². The number of rotatable bonds is 7. The highest BCUT2D eigenvalue weighted by Crippen LogP contribution is 2.22. The maximum absolute atomic E-state index is 12.4. The second-order valence-corrected chi connectivity index (χ2v) is 9.62. The van der Waals surface area contributed by atoms with Gasteiger partial charge in [-0.15, -0.1) is 0 Å². The molecule has 1 saturated heterocycles. The van der Waals surface area contributed by atoms with Crippen molar-refractivity contribution in [2.45, 2.75) is 38.1 Å². The van der Waals surface area contributed by atoms with Crippen molar-refractivity contribution < 1.29 is 8.42 Å². The lowest BCUT2D eigenvalue weighted by Crippen LogP contribution is -2.29. The lowest BCUT2D eigenvalue weighted by Gasteiger charge is -2.26. The van der Waals surface area contributed by atoms with Gasteiger partial charge in [0.25, 0.3) is 0 Å². The molecule has 0 spiro atoms. The van der Waals surface area contributed by atoms with E-state index in [0.29, 0.717) is 15.6 Å². The third-order valence-corrected chi connectivity index (χ3v) is 6.57. The molecule has 146 valence electrons. The van der Waals surface area contributed by atoms with Gasteiger partial charge in [0.05, 0.1) is 5.75 Å². The van der Waals surface area contributed by atoms with Crippen LogP contribution in [0, 0.1) is 0 Å². The average molecular weight is 427 g/mol. The molecule has 1 N–H and O–H groups in total. The first-order valence-electron chi connectivity index (χ1n) is 9.13. The Balaban J connectivity index is 1.59. The molecule has 1 aliphatic heterocycles. The molecule has 27 heavy (non-hydrogen) atoms. The van der Waals surface area contributed by atoms with Gasteiger partial charge in [0.2, 0.25) is 10.0 Å². The number of benzene rings is 2. The number of hydrogen-bond donors (Lipinski definition) is 1. The Kier molecular flexibility index (Phi) is 7.17. The van der Waals surface area contributed by atoms with Crippen molar-refractivity contribution in [3.05, 3.63) is 69.2 Å². The smallest absolute Gasteiger partial charge is 0.216 e. The van der Waals surface area contributed by atoms with Crippen LogP contribution in [0.25, 0.3) is 0 Å². The number of likely N-dealkylation sites (tertiary alicyclic amines) is 1. The Morgan fingerprint density at radius 1 is 0.963 bits per heavy atom. The Hall–Kier alpha value is -1.11. The molecule has 0 aliphatic carbocycles. The van der Waals surface area contributed by atoms with Gasteiger partial charge in [-0.2, -0.15) is 0 Å². The third-order valence-electron chi connectivity index (χ3n) is 4.70. The van der Waals surface area contributed by atoms with E-state index in [2.05, 4.69) is 21.8 Å². The van der Waals surface area contributed by atoms with E-state index in [1.165, 1.54) is 24.8 Å². The minimum Gasteiger partial charge on any atom is -0.299 e. The largest absolute Gasteiger partial charge is 0.299 e. The van der Waals surface area contributed by atoms with Gasteiger partial charge in [-0.05, 0) is 54.8 Å². The van der Waals surface area contributed by atoms with Gasteiger partial charge >= 0.3 is 0 Å². The molecule has 1 fully saturated rings. The van der Waals surface area contributed by atoms with Gasteiger partial charge in [-0.25, -0.2) is 13.1 Å². The molecule has 0 atom stereocenters. The summed E-state index contributed by atoms with van der Waals surface area (Å²) in [6.07, 6.45) is 3.83. The molecule has 0 radical (unpaired) electrons. The van der Waals surface area contributed by atoms with Crippen LogP contribution in [0.2, 0.25) is 10.0 Å². The summed E-state index contributed by atoms with van der Waals surface area (Å²) >= 11 is 11.9. The summed E-state index contributed by atoms with van der Waals surface area (Å²) in [4.78, 5) is 2.45. The molecule has 0 aromatic heterocycles. The molecule has 1 aliphatic rings. The van der Waals surface area contributed by atoms with Crippen molar-refractivity contribution in [3.8, 4) is 0 Å². The van der Waals surface area contributed by atoms with Gasteiger partial charge in [-0.1, -0.05) is 60.0 Å². The first-order valence-corrected chi connectivity index (χ1v) is 11.5. The van der Waals surface area contributed by atoms with Crippen LogP contribution in [-0.4, -0.2) is 26.4 Å². The van der Waals surface area contributed by atoms with Crippen molar-refractivity contribution in [2.24, 2.45) is 0 Å². The van der Waals surface area contributed by atoms with E-state index in [9.17, 15) is 8.42 Å². The van der Waals surface area contributed by atoms with Gasteiger partial charge in [-0.3, -0.25) is 4.90 Å². The number of nitrogens with one attached hydrogen (secondary N) is 1. The molecule has 2 aromatic carbocycles. The molecule has 1 heterocycles. The summed E-state index contributed by atoms with van der Waals surface area (Å²) in [5.74, 6) is -0.170. The zero-order valence-corrected chi connectivity index (χ0v) is 17.5. The highest BCUT2D eigenvalue weighted by molar-refractivity contribution is 7.88. The number of halogens is 2. The van der Waals surface area contributed by atoms with E-state index >= 15 is 0 Å². The summed E-state index contributed by atoms with van der Waals surface area (Å²) < 4.78 is 27.5. The molecular formula is C20H24Cl2N2O2S. The van der Waals surface area contributed by atoms with Crippen LogP contribution in [0.5, 0.6) is 0 Å². The first kappa shape index (κ1) is 20.6. The predicted molar refractivity (Wildman–Crippen MR) is 111 cm³/mol. The summed E-state index contributed by atoms with van der Waals surface area (Å²) in [7, 11) is -3.50. The van der Waals surface area contributed by atoms with Gasteiger partial charge in [0.15, 0.2) is 0 Å². The van der Waals surface area contributed by atoms with Crippen LogP contribution >= 0.6 is 23.2 Å². The van der Waals surface area contributed by atoms with Crippen molar-refractivity contribution in [3.63, 3.8) is 0 Å². The van der Waals surface area contributed by atoms with E-state index in [1.807, 2.05) is 12.1 Å². The summed E-state index contributed by atoms with van der Waals surface area (Å²) in [6, 6.07) is 12.9. The lowest BCUT2D eigenvalue weighted by molar-refractivity contribution is 0.221. The number of nitrogens with zero attached hydrogens (tertiary/aromatic N) is 1. The van der Waals surface area contributed by atoms with Crippen molar-refractivity contribution >= 4 is 33.2 Å². The topological polar surface area (TPSA) is 49.4 Å². The fourth-order valence-electron chi connectivity index (χ4n) is 3.30. The Labute approximate surface area is 171 Å². The summed E-state index contributed by atoms with van der Waals surface area (Å²) in [6.45, 7) is 3.46. The highest BCUT2D eigenvalue weighted by atomic mass is 35.5. The Bertz CT molecular complexity index is 881. The summed E-state index contributed by atoms with van der Waals surface area (Å²) in [5, 5.41) is 0.844. The molecule has 0 unspecified atom stereocenters. The van der Waals surface area contributed by atoms with Gasteiger partial charge in [0.1, 0.15) is 0 Å². The second-order valence-electron chi connectivity index (χ2n) is 6.97. The third kappa shape index (κ3) is 6.47. The average Bonchev–Trinajstić information content (AvgIpc) is 2.64. The fraction of sp³-hybridized carbons (Fsp3) is 0.400. The van der Waals surface area contributed by atoms with Crippen molar-refractivity contribution in [1.29, 1.82) is 0 Å². The SMILES string of the molecule is O=S(=O)(Cc1ccc(Cl)cc1Cl)NCc1cccc(CN2CCCCC2)c1. The van der Waals surface area contributed by atoms with Crippen LogP contribution in [-0.2, 0) is 28.9 Å². The molecule has 0 bridgehead atoms. The van der Waals surface area contributed by atoms with Gasteiger partial charge in [0, 0.05) is 23.1 Å². The number of hydrogen-bond acceptors (Lipinski definition) is 3. The highest BCUT2D eigenvalue weighted by Gasteiger charge is 2.15. The van der Waals surface area contributed by atoms with E-state index in [-0.39, 0.29) is 12.3 Å². The van der Waals surface area contributed by atoms with Crippen LogP contribution in [0.3, 0.4) is 0 Å². The molecule has 3 rings (SSSR count). The van der Waals surface area contributed by atoms with E-state index in [1.54, 1.807) is 18.2 Å². The predicted octanol–water partition coefficient (Wildman–Crippen LogP) is 4.60. The zero-order valence-electron chi connectivity index (χ0n) is 15.1. The standard InChI is InChI=1S/C20H24Cl2N2O2S/c21-19-8-7-18(20(22)12-19)15-27(25,26)23-13-16-5-4-6-17(11-16)14-24-9-2-1-3-10-24/h4-8,11-12,23H,1-3,9-10,13-15H2. The Morgan fingerprint density at radius 3 is 2.44 bits per heavy atom. The molecule has 0 amide bonds. The number of piperidine rings is 1. The van der Waals surface area contributed by atoms with Crippen molar-refractivity contribution in [1.82, 2.24) is 9.62 Å². The minimum atomic E-state index is -3.50. The first-order chi connectivity index (χ1) is 12.9. The molecule has 4 nitrogen and oxygen atoms in total. The maximum Gasteiger partial charge on any atom is 0.216 e. The van der Waals surface area contributed by atoms with Crippen LogP contribution in [0.1, 0.15) is 36.0 Å². The quantitative estimate of drug-likeness (QED) is 0.703. The van der Waals surface area contributed by atoms with E-state index < -0.39 is 10.0 Å². The maximum atomic E-state index is 12.4. The van der Waals surface area contributed by atoms with Crippen LogP contribution < -0.4 is 4.72 Å². The molecule has 2 aromatic rings. The Morgan fingerprint density at radius 2 is 1.70 bits per heavy atom. The molecule has 7 heteroatoms. The molecule has 0 saturated carbocycles. The summed E-state index contributed by atoms with van der Waals surface area (Å²) in [5.41, 5.74) is 2.71. The van der Waals surface area contributed by atoms with Gasteiger partial charge < -0.3 is 0 Å². The minimum absolute atomic E-state index is 0.170. The monoisotopic (exact) mass is 426 g/mol. The van der Waals surface area contributed by atoms with Crippen LogP contribution in [0.4, 0.5) is 0 Å². The zero-order chi connectivity index (χ0) is 19.3. The van der Waals surface area contributed by atoms with E-state index in [4.69, 9.17) is 23.2 Å². The van der Waals surface area contributed by atoms with Crippen LogP contribution in [0.15, 0.2) is 42.5 Å². The molecular weight excluding hydrogens is 403 g/mol. The second kappa shape index (κ2) is 9.39. The normalized spacial score (nSPS) is 15.8. The number of sulfonamides is 1. The van der Waals surface area contributed by atoms with E-state index in [0.717, 1.165) is 25.2 Å². The fourth-order valence-corrected chi connectivity index (χ4v) is 5.01. The lowest BCUT2D eigenvalue weighted by atomic mass is 10.1.